The van der Waals surface area contributed by atoms with Crippen molar-refractivity contribution in [3.63, 3.8) is 0 Å². The van der Waals surface area contributed by atoms with Gasteiger partial charge >= 0.3 is 0 Å². The van der Waals surface area contributed by atoms with E-state index in [0.717, 1.165) is 17.4 Å². The molecular formula is C8H5N5O4S. The topological polar surface area (TPSA) is 138 Å². The molecule has 1 aromatic heterocycles. The molecule has 0 fully saturated rings. The molecule has 0 bridgehead atoms. The van der Waals surface area contributed by atoms with Crippen LogP contribution in [0.2, 0.25) is 0 Å². The molecule has 1 aromatic carbocycles. The number of rotatable bonds is 3. The summed E-state index contributed by atoms with van der Waals surface area (Å²) in [6, 6.07) is 3.26. The van der Waals surface area contributed by atoms with E-state index in [1.807, 2.05) is 0 Å². The van der Waals surface area contributed by atoms with Gasteiger partial charge in [-0.2, -0.15) is 0 Å². The van der Waals surface area contributed by atoms with Crippen LogP contribution in [0.15, 0.2) is 18.2 Å². The molecule has 0 aliphatic heterocycles. The molecule has 0 amide bonds. The second-order valence-corrected chi connectivity index (χ2v) is 4.21. The Morgan fingerprint density at radius 2 is 1.61 bits per heavy atom. The summed E-state index contributed by atoms with van der Waals surface area (Å²) in [5, 5.41) is 29.1. The average molecular weight is 267 g/mol. The molecule has 18 heavy (non-hydrogen) atoms. The lowest BCUT2D eigenvalue weighted by atomic mass is 10.2. The van der Waals surface area contributed by atoms with Gasteiger partial charge in [0.25, 0.3) is 11.4 Å². The third kappa shape index (κ3) is 2.22. The highest BCUT2D eigenvalue weighted by Crippen LogP contribution is 2.31. The van der Waals surface area contributed by atoms with Gasteiger partial charge in [0.2, 0.25) is 5.13 Å². The van der Waals surface area contributed by atoms with E-state index in [0.29, 0.717) is 5.01 Å². The van der Waals surface area contributed by atoms with Crippen molar-refractivity contribution < 1.29 is 9.85 Å². The molecule has 10 heteroatoms. The van der Waals surface area contributed by atoms with Crippen LogP contribution in [-0.2, 0) is 0 Å². The van der Waals surface area contributed by atoms with Gasteiger partial charge < -0.3 is 5.73 Å². The molecule has 2 N–H and O–H groups in total. The van der Waals surface area contributed by atoms with Crippen LogP contribution in [0.4, 0.5) is 16.5 Å². The summed E-state index contributed by atoms with van der Waals surface area (Å²) in [6.45, 7) is 0. The van der Waals surface area contributed by atoms with Crippen LogP contribution in [0.3, 0.4) is 0 Å². The molecule has 0 atom stereocenters. The predicted octanol–water partition coefficient (Wildman–Crippen LogP) is 1.60. The number of nitrogen functional groups attached to an aromatic ring is 1. The Labute approximate surface area is 103 Å². The smallest absolute Gasteiger partial charge is 0.277 e. The number of aromatic nitrogens is 2. The van der Waals surface area contributed by atoms with E-state index < -0.39 is 9.85 Å². The van der Waals surface area contributed by atoms with Gasteiger partial charge in [0.15, 0.2) is 0 Å². The van der Waals surface area contributed by atoms with Crippen molar-refractivity contribution in [1.29, 1.82) is 0 Å². The van der Waals surface area contributed by atoms with Gasteiger partial charge in [-0.25, -0.2) is 0 Å². The van der Waals surface area contributed by atoms with Crippen LogP contribution < -0.4 is 5.73 Å². The lowest BCUT2D eigenvalue weighted by Gasteiger charge is -1.97. The zero-order chi connectivity index (χ0) is 13.3. The number of nitro benzene ring substituents is 2. The minimum absolute atomic E-state index is 0.180. The number of anilines is 1. The number of nitrogens with two attached hydrogens (primary N) is 1. The first-order valence-corrected chi connectivity index (χ1v) is 5.32. The van der Waals surface area contributed by atoms with E-state index >= 15 is 0 Å². The fraction of sp³-hybridized carbons (Fsp3) is 0. The molecule has 0 saturated heterocycles. The monoisotopic (exact) mass is 267 g/mol. The quantitative estimate of drug-likeness (QED) is 0.658. The fourth-order valence-corrected chi connectivity index (χ4v) is 1.88. The minimum atomic E-state index is -0.707. The molecule has 2 aromatic rings. The van der Waals surface area contributed by atoms with Gasteiger partial charge in [0.1, 0.15) is 5.01 Å². The predicted molar refractivity (Wildman–Crippen MR) is 63.1 cm³/mol. The lowest BCUT2D eigenvalue weighted by Crippen LogP contribution is -1.93. The van der Waals surface area contributed by atoms with E-state index in [1.165, 1.54) is 12.1 Å². The van der Waals surface area contributed by atoms with Crippen LogP contribution in [-0.4, -0.2) is 20.0 Å². The Kier molecular flexibility index (Phi) is 2.85. The van der Waals surface area contributed by atoms with Gasteiger partial charge in [-0.05, 0) is 0 Å². The average Bonchev–Trinajstić information content (AvgIpc) is 2.75. The number of nitrogens with zero attached hydrogens (tertiary/aromatic N) is 4. The zero-order valence-corrected chi connectivity index (χ0v) is 9.46. The van der Waals surface area contributed by atoms with Crippen molar-refractivity contribution in [2.24, 2.45) is 0 Å². The van der Waals surface area contributed by atoms with Crippen molar-refractivity contribution in [3.8, 4) is 10.6 Å². The Morgan fingerprint density at radius 1 is 1.06 bits per heavy atom. The Morgan fingerprint density at radius 3 is 2.00 bits per heavy atom. The molecule has 0 saturated carbocycles. The van der Waals surface area contributed by atoms with Gasteiger partial charge in [0, 0.05) is 17.7 Å². The van der Waals surface area contributed by atoms with E-state index in [4.69, 9.17) is 5.73 Å². The van der Waals surface area contributed by atoms with Crippen LogP contribution in [0.25, 0.3) is 10.6 Å². The van der Waals surface area contributed by atoms with Crippen LogP contribution in [0, 0.1) is 20.2 Å². The Balaban J connectivity index is 2.60. The summed E-state index contributed by atoms with van der Waals surface area (Å²) in [7, 11) is 0. The number of hydrogen-bond donors (Lipinski definition) is 1. The van der Waals surface area contributed by atoms with Gasteiger partial charge in [0.05, 0.1) is 15.9 Å². The van der Waals surface area contributed by atoms with Crippen molar-refractivity contribution in [2.75, 3.05) is 5.73 Å². The lowest BCUT2D eigenvalue weighted by molar-refractivity contribution is -0.394. The summed E-state index contributed by atoms with van der Waals surface area (Å²) in [4.78, 5) is 20.0. The molecule has 1 heterocycles. The van der Waals surface area contributed by atoms with Crippen molar-refractivity contribution in [1.82, 2.24) is 10.2 Å². The molecule has 92 valence electrons. The summed E-state index contributed by atoms with van der Waals surface area (Å²) in [6.07, 6.45) is 0. The Bertz CT molecular complexity index is 608. The summed E-state index contributed by atoms with van der Waals surface area (Å²) < 4.78 is 0. The minimum Gasteiger partial charge on any atom is -0.374 e. The molecule has 0 aliphatic rings. The Hall–Kier alpha value is -2.62. The van der Waals surface area contributed by atoms with Gasteiger partial charge in [-0.1, -0.05) is 11.3 Å². The summed E-state index contributed by atoms with van der Waals surface area (Å²) in [5.74, 6) is 0. The normalized spacial score (nSPS) is 10.2. The second-order valence-electron chi connectivity index (χ2n) is 3.20. The van der Waals surface area contributed by atoms with Gasteiger partial charge in [-0.3, -0.25) is 20.2 Å². The van der Waals surface area contributed by atoms with Gasteiger partial charge in [-0.15, -0.1) is 10.2 Å². The number of benzene rings is 1. The molecule has 9 nitrogen and oxygen atoms in total. The fourth-order valence-electron chi connectivity index (χ4n) is 1.28. The number of nitro groups is 2. The van der Waals surface area contributed by atoms with E-state index in [1.54, 1.807) is 0 Å². The highest BCUT2D eigenvalue weighted by Gasteiger charge is 2.18. The standard InChI is InChI=1S/C8H5N5O4S/c9-8-11-10-7(18-8)4-1-5(12(14)15)3-6(2-4)13(16)17/h1-3H,(H2,9,11). The molecule has 2 rings (SSSR count). The zero-order valence-electron chi connectivity index (χ0n) is 8.64. The maximum absolute atomic E-state index is 10.7. The highest BCUT2D eigenvalue weighted by molar-refractivity contribution is 7.18. The SMILES string of the molecule is Nc1nnc(-c2cc([N+](=O)[O-])cc([N+](=O)[O-])c2)s1. The van der Waals surface area contributed by atoms with Crippen molar-refractivity contribution >= 4 is 27.8 Å². The van der Waals surface area contributed by atoms with Crippen molar-refractivity contribution in [2.45, 2.75) is 0 Å². The first-order chi connectivity index (χ1) is 8.47. The molecule has 0 unspecified atom stereocenters. The molecular weight excluding hydrogens is 262 g/mol. The second kappa shape index (κ2) is 4.33. The molecule has 0 spiro atoms. The van der Waals surface area contributed by atoms with Crippen LogP contribution >= 0.6 is 11.3 Å². The first-order valence-electron chi connectivity index (χ1n) is 4.50. The van der Waals surface area contributed by atoms with Crippen molar-refractivity contribution in [3.05, 3.63) is 38.4 Å². The molecule has 0 aliphatic carbocycles. The van der Waals surface area contributed by atoms with E-state index in [2.05, 4.69) is 10.2 Å². The third-order valence-electron chi connectivity index (χ3n) is 2.01. The summed E-state index contributed by atoms with van der Waals surface area (Å²) in [5.41, 5.74) is 4.87. The maximum atomic E-state index is 10.7. The first kappa shape index (κ1) is 11.9. The highest BCUT2D eigenvalue weighted by atomic mass is 32.1. The third-order valence-corrected chi connectivity index (χ3v) is 2.81. The molecule has 0 radical (unpaired) electrons. The van der Waals surface area contributed by atoms with E-state index in [-0.39, 0.29) is 22.1 Å². The maximum Gasteiger partial charge on any atom is 0.277 e. The number of hydrogen-bond acceptors (Lipinski definition) is 8. The largest absolute Gasteiger partial charge is 0.374 e. The summed E-state index contributed by atoms with van der Waals surface area (Å²) >= 11 is 0.992. The van der Waals surface area contributed by atoms with Crippen LogP contribution in [0.5, 0.6) is 0 Å². The van der Waals surface area contributed by atoms with Crippen LogP contribution in [0.1, 0.15) is 0 Å². The number of non-ortho nitro benzene ring substituents is 2. The van der Waals surface area contributed by atoms with E-state index in [9.17, 15) is 20.2 Å².